The molecule has 0 aliphatic heterocycles. The molecular weight excluding hydrogens is 374 g/mol. The van der Waals surface area contributed by atoms with Crippen molar-refractivity contribution >= 4 is 18.1 Å². The van der Waals surface area contributed by atoms with Crippen molar-refractivity contribution in [1.82, 2.24) is 0 Å². The van der Waals surface area contributed by atoms with Crippen LogP contribution < -0.4 is 14.2 Å². The molecule has 0 atom stereocenters. The number of unbranched alkanes of at least 4 members (excludes halogenated alkanes) is 1. The summed E-state index contributed by atoms with van der Waals surface area (Å²) in [6.07, 6.45) is 7.18. The van der Waals surface area contributed by atoms with Crippen molar-refractivity contribution in [3.63, 3.8) is 0 Å². The van der Waals surface area contributed by atoms with Gasteiger partial charge in [-0.05, 0) is 47.9 Å². The van der Waals surface area contributed by atoms with E-state index in [4.69, 9.17) is 14.2 Å². The second-order valence-electron chi connectivity index (χ2n) is 6.04. The fraction of sp³-hybridized carbons (Fsp3) is 0.227. The van der Waals surface area contributed by atoms with Gasteiger partial charge >= 0.3 is 5.97 Å². The Labute approximate surface area is 169 Å². The molecule has 2 aromatic carbocycles. The minimum atomic E-state index is -0.569. The van der Waals surface area contributed by atoms with Gasteiger partial charge in [-0.2, -0.15) is 0 Å². The molecule has 0 aliphatic carbocycles. The van der Waals surface area contributed by atoms with Crippen LogP contribution in [-0.4, -0.2) is 24.6 Å². The van der Waals surface area contributed by atoms with E-state index >= 15 is 0 Å². The first-order valence-corrected chi connectivity index (χ1v) is 9.14. The molecule has 0 heterocycles. The van der Waals surface area contributed by atoms with Crippen LogP contribution in [0.15, 0.2) is 54.7 Å². The van der Waals surface area contributed by atoms with E-state index in [1.165, 1.54) is 25.3 Å². The van der Waals surface area contributed by atoms with E-state index in [-0.39, 0.29) is 5.75 Å². The summed E-state index contributed by atoms with van der Waals surface area (Å²) in [5.74, 6) is 0.736. The number of carbonyl (C=O) groups is 1. The second-order valence-corrected chi connectivity index (χ2v) is 6.04. The third-order valence-electron chi connectivity index (χ3n) is 3.85. The van der Waals surface area contributed by atoms with Crippen LogP contribution in [0.2, 0.25) is 0 Å². The smallest absolute Gasteiger partial charge is 0.336 e. The highest BCUT2D eigenvalue weighted by molar-refractivity contribution is 5.89. The number of hydrogen-bond acceptors (Lipinski definition) is 6. The molecule has 0 radical (unpaired) electrons. The van der Waals surface area contributed by atoms with Crippen LogP contribution in [0.4, 0.5) is 0 Å². The zero-order chi connectivity index (χ0) is 21.1. The van der Waals surface area contributed by atoms with E-state index in [0.717, 1.165) is 30.4 Å². The fourth-order valence-corrected chi connectivity index (χ4v) is 2.34. The van der Waals surface area contributed by atoms with Crippen LogP contribution in [0.1, 0.15) is 30.9 Å². The third kappa shape index (κ3) is 7.50. The lowest BCUT2D eigenvalue weighted by Gasteiger charge is -2.08. The maximum absolute atomic E-state index is 12.1. The predicted octanol–water partition coefficient (Wildman–Crippen LogP) is 4.74. The monoisotopic (exact) mass is 397 g/mol. The van der Waals surface area contributed by atoms with Gasteiger partial charge in [-0.3, -0.25) is 10.1 Å². The number of esters is 1. The lowest BCUT2D eigenvalue weighted by atomic mass is 10.2. The first kappa shape index (κ1) is 21.7. The van der Waals surface area contributed by atoms with Crippen LogP contribution in [0.3, 0.4) is 0 Å². The Hall–Kier alpha value is -3.61. The molecule has 0 saturated carbocycles. The summed E-state index contributed by atoms with van der Waals surface area (Å²) in [4.78, 5) is 22.0. The molecule has 152 valence electrons. The van der Waals surface area contributed by atoms with Crippen molar-refractivity contribution in [3.05, 3.63) is 76.0 Å². The molecule has 0 bridgehead atoms. The lowest BCUT2D eigenvalue weighted by Crippen LogP contribution is -2.05. The molecule has 0 amide bonds. The van der Waals surface area contributed by atoms with Crippen molar-refractivity contribution in [2.75, 3.05) is 13.7 Å². The first-order valence-electron chi connectivity index (χ1n) is 9.14. The zero-order valence-corrected chi connectivity index (χ0v) is 16.4. The van der Waals surface area contributed by atoms with Gasteiger partial charge in [0.2, 0.25) is 6.20 Å². The van der Waals surface area contributed by atoms with E-state index in [2.05, 4.69) is 6.92 Å². The van der Waals surface area contributed by atoms with Crippen molar-refractivity contribution in [2.45, 2.75) is 19.8 Å². The Morgan fingerprint density at radius 2 is 1.79 bits per heavy atom. The van der Waals surface area contributed by atoms with E-state index in [1.54, 1.807) is 18.2 Å². The number of nitrogens with zero attached hydrogens (tertiary/aromatic N) is 1. The number of ether oxygens (including phenoxy) is 3. The van der Waals surface area contributed by atoms with Gasteiger partial charge < -0.3 is 14.2 Å². The van der Waals surface area contributed by atoms with Gasteiger partial charge in [0.25, 0.3) is 0 Å². The fourth-order valence-electron chi connectivity index (χ4n) is 2.34. The molecule has 0 aliphatic rings. The van der Waals surface area contributed by atoms with Crippen LogP contribution in [0.25, 0.3) is 12.2 Å². The molecule has 0 spiro atoms. The maximum Gasteiger partial charge on any atom is 0.336 e. The topological polar surface area (TPSA) is 87.9 Å². The van der Waals surface area contributed by atoms with E-state index in [1.807, 2.05) is 24.3 Å². The van der Waals surface area contributed by atoms with Gasteiger partial charge in [0, 0.05) is 12.2 Å². The number of hydrogen-bond donors (Lipinski definition) is 0. The molecule has 2 rings (SSSR count). The molecule has 0 unspecified atom stereocenters. The van der Waals surface area contributed by atoms with Crippen molar-refractivity contribution < 1.29 is 23.9 Å². The summed E-state index contributed by atoms with van der Waals surface area (Å²) >= 11 is 0. The third-order valence-corrected chi connectivity index (χ3v) is 3.85. The second kappa shape index (κ2) is 11.3. The van der Waals surface area contributed by atoms with Crippen LogP contribution in [0.5, 0.6) is 17.2 Å². The number of benzene rings is 2. The van der Waals surface area contributed by atoms with Crippen molar-refractivity contribution in [2.24, 2.45) is 0 Å². The summed E-state index contributed by atoms with van der Waals surface area (Å²) in [7, 11) is 1.42. The molecule has 0 saturated heterocycles. The standard InChI is InChI=1S/C22H23NO6/c1-3-4-15-28-19-9-5-17(6-10-19)8-12-22(24)29-20-11-7-18(13-14-23(25)26)16-21(20)27-2/h5-14,16H,3-4,15H2,1-2H3/b12-8+,14-13+. The lowest BCUT2D eigenvalue weighted by molar-refractivity contribution is -0.400. The Kier molecular flexibility index (Phi) is 8.44. The van der Waals surface area contributed by atoms with E-state index < -0.39 is 10.9 Å². The number of carbonyl (C=O) groups excluding carboxylic acids is 1. The number of rotatable bonds is 10. The Bertz CT molecular complexity index is 887. The Balaban J connectivity index is 1.98. The van der Waals surface area contributed by atoms with Gasteiger partial charge in [0.1, 0.15) is 5.75 Å². The normalized spacial score (nSPS) is 11.0. The minimum absolute atomic E-state index is 0.222. The van der Waals surface area contributed by atoms with Crippen LogP contribution in [-0.2, 0) is 4.79 Å². The molecule has 2 aromatic rings. The molecule has 29 heavy (non-hydrogen) atoms. The molecule has 0 fully saturated rings. The molecular formula is C22H23NO6. The van der Waals surface area contributed by atoms with Gasteiger partial charge in [0.05, 0.1) is 18.6 Å². The van der Waals surface area contributed by atoms with Crippen LogP contribution in [0, 0.1) is 10.1 Å². The highest BCUT2D eigenvalue weighted by atomic mass is 16.6. The Morgan fingerprint density at radius 1 is 1.07 bits per heavy atom. The molecule has 0 aromatic heterocycles. The number of methoxy groups -OCH3 is 1. The highest BCUT2D eigenvalue weighted by Gasteiger charge is 2.09. The largest absolute Gasteiger partial charge is 0.494 e. The van der Waals surface area contributed by atoms with E-state index in [0.29, 0.717) is 17.9 Å². The molecule has 7 nitrogen and oxygen atoms in total. The average molecular weight is 397 g/mol. The zero-order valence-electron chi connectivity index (χ0n) is 16.4. The molecule has 0 N–H and O–H groups in total. The summed E-state index contributed by atoms with van der Waals surface area (Å²) in [6.45, 7) is 2.79. The van der Waals surface area contributed by atoms with Crippen molar-refractivity contribution in [1.29, 1.82) is 0 Å². The van der Waals surface area contributed by atoms with Gasteiger partial charge in [-0.15, -0.1) is 0 Å². The SMILES string of the molecule is CCCCOc1ccc(/C=C/C(=O)Oc2ccc(/C=C/[N+](=O)[O-])cc2OC)cc1. The van der Waals surface area contributed by atoms with Crippen LogP contribution >= 0.6 is 0 Å². The van der Waals surface area contributed by atoms with Crippen molar-refractivity contribution in [3.8, 4) is 17.2 Å². The summed E-state index contributed by atoms with van der Waals surface area (Å²) in [6, 6.07) is 12.0. The average Bonchev–Trinajstić information content (AvgIpc) is 2.72. The van der Waals surface area contributed by atoms with Gasteiger partial charge in [-0.25, -0.2) is 4.79 Å². The quantitative estimate of drug-likeness (QED) is 0.144. The van der Waals surface area contributed by atoms with E-state index in [9.17, 15) is 14.9 Å². The minimum Gasteiger partial charge on any atom is -0.494 e. The summed E-state index contributed by atoms with van der Waals surface area (Å²) in [5, 5.41) is 10.4. The van der Waals surface area contributed by atoms with Gasteiger partial charge in [-0.1, -0.05) is 31.5 Å². The number of nitro groups is 1. The summed E-state index contributed by atoms with van der Waals surface area (Å²) < 4.78 is 16.1. The molecule has 7 heteroatoms. The maximum atomic E-state index is 12.1. The predicted molar refractivity (Wildman–Crippen MR) is 111 cm³/mol. The first-order chi connectivity index (χ1) is 14.0. The summed E-state index contributed by atoms with van der Waals surface area (Å²) in [5.41, 5.74) is 1.38. The Morgan fingerprint density at radius 3 is 2.45 bits per heavy atom. The van der Waals surface area contributed by atoms with Gasteiger partial charge in [0.15, 0.2) is 11.5 Å². The highest BCUT2D eigenvalue weighted by Crippen LogP contribution is 2.29.